The molecule has 18 heteroatoms. The molecular weight excluding hydrogens is 748 g/mol. The van der Waals surface area contributed by atoms with Crippen molar-refractivity contribution in [2.75, 3.05) is 29.4 Å². The molecule has 0 fully saturated rings. The summed E-state index contributed by atoms with van der Waals surface area (Å²) in [5.74, 6) is -1.54. The summed E-state index contributed by atoms with van der Waals surface area (Å²) >= 11 is 0. The van der Waals surface area contributed by atoms with Gasteiger partial charge in [-0.25, -0.2) is 4.79 Å². The molecule has 0 saturated heterocycles. The highest BCUT2D eigenvalue weighted by Crippen LogP contribution is 2.41. The minimum Gasteiger partial charge on any atom is -0.443 e. The van der Waals surface area contributed by atoms with Gasteiger partial charge < -0.3 is 14.4 Å². The normalized spacial score (nSPS) is 17.1. The minimum atomic E-state index is -5.07. The highest BCUT2D eigenvalue weighted by molar-refractivity contribution is 6.21. The van der Waals surface area contributed by atoms with E-state index in [1.807, 2.05) is 12.1 Å². The summed E-state index contributed by atoms with van der Waals surface area (Å²) < 4.78 is 95.0. The number of imide groups is 1. The van der Waals surface area contributed by atoms with E-state index in [0.717, 1.165) is 20.8 Å². The van der Waals surface area contributed by atoms with Gasteiger partial charge in [0.05, 0.1) is 54.2 Å². The maximum absolute atomic E-state index is 13.9. The molecule has 0 saturated carbocycles. The Morgan fingerprint density at radius 2 is 1.52 bits per heavy atom. The van der Waals surface area contributed by atoms with Gasteiger partial charge in [0.2, 0.25) is 0 Å². The highest BCUT2D eigenvalue weighted by Gasteiger charge is 2.39. The van der Waals surface area contributed by atoms with E-state index in [4.69, 9.17) is 9.47 Å². The van der Waals surface area contributed by atoms with Crippen LogP contribution in [0.4, 0.5) is 42.8 Å². The number of nitrogens with zero attached hydrogens (tertiary/aromatic N) is 7. The molecular formula is C38H37F6N7O5. The van der Waals surface area contributed by atoms with Crippen LogP contribution in [0.2, 0.25) is 0 Å². The summed E-state index contributed by atoms with van der Waals surface area (Å²) in [6.45, 7) is 5.46. The first kappa shape index (κ1) is 38.7. The number of hydrogen-bond donors (Lipinski definition) is 0. The Balaban J connectivity index is 1.23. The van der Waals surface area contributed by atoms with Crippen LogP contribution >= 0.6 is 0 Å². The summed E-state index contributed by atoms with van der Waals surface area (Å²) in [5, 5.41) is 12.6. The van der Waals surface area contributed by atoms with Gasteiger partial charge in [-0.05, 0) is 97.5 Å². The maximum Gasteiger partial charge on any atom is 0.416 e. The standard InChI is InChI=1S/C38H37F6N7O5/c1-36(2,3)56-35(54)49-10-6-7-23(30-15-24-20-55-21-25(24)16-31(30)49)19-48(18-22-13-26(37(39,40)41)17-27(14-22)38(42,43)44)34-45-47-51(46-34)12-11-50-32(52)28-8-4-5-9-29(28)33(50)53/h4-5,8-9,13-17,23H,6-7,10-12,18-21H2,1-3H3/t23-/m1/s1. The van der Waals surface area contributed by atoms with Crippen molar-refractivity contribution in [1.82, 2.24) is 25.1 Å². The number of hydrogen-bond acceptors (Lipinski definition) is 9. The zero-order valence-corrected chi connectivity index (χ0v) is 30.6. The molecule has 3 aromatic carbocycles. The smallest absolute Gasteiger partial charge is 0.416 e. The van der Waals surface area contributed by atoms with Crippen molar-refractivity contribution in [3.8, 4) is 0 Å². The molecule has 3 aliphatic rings. The predicted molar refractivity (Wildman–Crippen MR) is 188 cm³/mol. The van der Waals surface area contributed by atoms with E-state index in [0.29, 0.717) is 49.4 Å². The zero-order chi connectivity index (χ0) is 40.2. The Morgan fingerprint density at radius 3 is 2.12 bits per heavy atom. The zero-order valence-electron chi connectivity index (χ0n) is 30.6. The average Bonchev–Trinajstić information content (AvgIpc) is 3.81. The van der Waals surface area contributed by atoms with Crippen molar-refractivity contribution in [2.45, 2.75) is 83.8 Å². The summed E-state index contributed by atoms with van der Waals surface area (Å²) in [5.41, 5.74) is -0.508. The fourth-order valence-corrected chi connectivity index (χ4v) is 7.17. The lowest BCUT2D eigenvalue weighted by Gasteiger charge is -2.30. The number of alkyl halides is 6. The van der Waals surface area contributed by atoms with Crippen LogP contribution in [-0.4, -0.2) is 68.3 Å². The minimum absolute atomic E-state index is 0.00347. The van der Waals surface area contributed by atoms with Gasteiger partial charge in [0.1, 0.15) is 5.60 Å². The monoisotopic (exact) mass is 785 g/mol. The molecule has 0 radical (unpaired) electrons. The first-order valence-electron chi connectivity index (χ1n) is 17.9. The van der Waals surface area contributed by atoms with Gasteiger partial charge >= 0.3 is 18.4 Å². The fourth-order valence-electron chi connectivity index (χ4n) is 7.17. The van der Waals surface area contributed by atoms with Crippen LogP contribution in [-0.2, 0) is 48.1 Å². The van der Waals surface area contributed by atoms with Gasteiger partial charge in [-0.2, -0.15) is 31.1 Å². The second-order valence-electron chi connectivity index (χ2n) is 14.9. The number of anilines is 2. The van der Waals surface area contributed by atoms with Crippen molar-refractivity contribution < 1.29 is 50.2 Å². The number of amides is 3. The van der Waals surface area contributed by atoms with E-state index in [-0.39, 0.29) is 54.9 Å². The van der Waals surface area contributed by atoms with Crippen LogP contribution < -0.4 is 9.80 Å². The Bertz CT molecular complexity index is 2110. The summed E-state index contributed by atoms with van der Waals surface area (Å²) in [6, 6.07) is 11.5. The number of ether oxygens (including phenoxy) is 2. The molecule has 4 aromatic rings. The van der Waals surface area contributed by atoms with Crippen LogP contribution in [0.3, 0.4) is 0 Å². The molecule has 0 unspecified atom stereocenters. The van der Waals surface area contributed by atoms with E-state index in [1.165, 1.54) is 17.0 Å². The second kappa shape index (κ2) is 14.5. The predicted octanol–water partition coefficient (Wildman–Crippen LogP) is 7.36. The lowest BCUT2D eigenvalue weighted by molar-refractivity contribution is -0.143. The number of fused-ring (bicyclic) bond motifs is 3. The van der Waals surface area contributed by atoms with Crippen LogP contribution in [0.25, 0.3) is 0 Å². The largest absolute Gasteiger partial charge is 0.443 e. The van der Waals surface area contributed by atoms with E-state index < -0.39 is 59.5 Å². The summed E-state index contributed by atoms with van der Waals surface area (Å²) in [4.78, 5) is 44.5. The van der Waals surface area contributed by atoms with E-state index >= 15 is 0 Å². The molecule has 0 bridgehead atoms. The van der Waals surface area contributed by atoms with Gasteiger partial charge in [0, 0.05) is 25.6 Å². The number of tetrazole rings is 1. The molecule has 0 N–H and O–H groups in total. The molecule has 296 valence electrons. The van der Waals surface area contributed by atoms with E-state index in [2.05, 4.69) is 15.4 Å². The van der Waals surface area contributed by atoms with Crippen LogP contribution in [0.5, 0.6) is 0 Å². The lowest BCUT2D eigenvalue weighted by Crippen LogP contribution is -2.37. The number of carbonyl (C=O) groups excluding carboxylic acids is 3. The number of rotatable bonds is 8. The van der Waals surface area contributed by atoms with Crippen molar-refractivity contribution >= 4 is 29.5 Å². The molecule has 0 aliphatic carbocycles. The molecule has 12 nitrogen and oxygen atoms in total. The molecule has 3 amide bonds. The number of aromatic nitrogens is 4. The van der Waals surface area contributed by atoms with Crippen molar-refractivity contribution in [1.29, 1.82) is 0 Å². The molecule has 7 rings (SSSR count). The lowest BCUT2D eigenvalue weighted by atomic mass is 9.90. The van der Waals surface area contributed by atoms with Gasteiger partial charge in [-0.15, -0.1) is 5.10 Å². The van der Waals surface area contributed by atoms with Crippen molar-refractivity contribution in [3.05, 3.63) is 99.1 Å². The summed E-state index contributed by atoms with van der Waals surface area (Å²) in [7, 11) is 0. The number of halogens is 6. The Morgan fingerprint density at radius 1 is 0.893 bits per heavy atom. The number of benzene rings is 3. The Kier molecular flexibility index (Phi) is 10.0. The molecule has 1 atom stereocenters. The first-order chi connectivity index (χ1) is 26.4. The Labute approximate surface area is 316 Å². The topological polar surface area (TPSA) is 123 Å². The molecule has 56 heavy (non-hydrogen) atoms. The Hall–Kier alpha value is -5.52. The molecule has 3 aliphatic heterocycles. The molecule has 4 heterocycles. The third kappa shape index (κ3) is 8.06. The van der Waals surface area contributed by atoms with Crippen LogP contribution in [0.1, 0.15) is 93.6 Å². The van der Waals surface area contributed by atoms with E-state index in [9.17, 15) is 40.7 Å². The van der Waals surface area contributed by atoms with Gasteiger partial charge in [-0.3, -0.25) is 19.4 Å². The SMILES string of the molecule is CC(C)(C)OC(=O)N1CCC[C@H](CN(Cc2cc(C(F)(F)F)cc(C(F)(F)F)c2)c2nnn(CCN3C(=O)c4ccccc4C3=O)n2)c2cc3c(cc21)COC3. The summed E-state index contributed by atoms with van der Waals surface area (Å²) in [6.07, 6.45) is -9.76. The third-order valence-electron chi connectivity index (χ3n) is 9.73. The van der Waals surface area contributed by atoms with Crippen molar-refractivity contribution in [2.24, 2.45) is 0 Å². The van der Waals surface area contributed by atoms with Gasteiger partial charge in [0.25, 0.3) is 17.8 Å². The quantitative estimate of drug-likeness (QED) is 0.133. The second-order valence-corrected chi connectivity index (χ2v) is 14.9. The van der Waals surface area contributed by atoms with Crippen molar-refractivity contribution in [3.63, 3.8) is 0 Å². The van der Waals surface area contributed by atoms with Crippen LogP contribution in [0, 0.1) is 0 Å². The number of carbonyl (C=O) groups is 3. The van der Waals surface area contributed by atoms with Crippen LogP contribution in [0.15, 0.2) is 54.6 Å². The third-order valence-corrected chi connectivity index (χ3v) is 9.73. The van der Waals surface area contributed by atoms with Gasteiger partial charge in [0.15, 0.2) is 0 Å². The maximum atomic E-state index is 13.9. The first-order valence-corrected chi connectivity index (χ1v) is 17.9. The van der Waals surface area contributed by atoms with Gasteiger partial charge in [-0.1, -0.05) is 23.3 Å². The van der Waals surface area contributed by atoms with E-state index in [1.54, 1.807) is 37.8 Å². The average molecular weight is 786 g/mol. The highest BCUT2D eigenvalue weighted by atomic mass is 19.4. The fraction of sp³-hybridized carbons (Fsp3) is 0.421. The molecule has 1 aromatic heterocycles. The molecule has 0 spiro atoms.